The maximum Gasteiger partial charge on any atom is 0.283 e. The first-order valence-corrected chi connectivity index (χ1v) is 7.11. The lowest BCUT2D eigenvalue weighted by Crippen LogP contribution is -2.13. The van der Waals surface area contributed by atoms with Gasteiger partial charge in [-0.3, -0.25) is 10.1 Å². The molecule has 1 aromatic carbocycles. The molecule has 8 heteroatoms. The van der Waals surface area contributed by atoms with Crippen LogP contribution in [0.5, 0.6) is 0 Å². The number of thioether (sulfide) groups is 1. The van der Waals surface area contributed by atoms with E-state index < -0.39 is 4.92 Å². The van der Waals surface area contributed by atoms with Gasteiger partial charge in [-0.25, -0.2) is 0 Å². The summed E-state index contributed by atoms with van der Waals surface area (Å²) in [5, 5.41) is 22.5. The zero-order chi connectivity index (χ0) is 14.5. The summed E-state index contributed by atoms with van der Waals surface area (Å²) in [4.78, 5) is 11.2. The molecule has 7 nitrogen and oxygen atoms in total. The minimum Gasteiger partial charge on any atom is -0.409 e. The first-order valence-electron chi connectivity index (χ1n) is 6.12. The van der Waals surface area contributed by atoms with Crippen LogP contribution >= 0.6 is 11.8 Å². The fourth-order valence-electron chi connectivity index (χ4n) is 1.96. The van der Waals surface area contributed by atoms with E-state index in [0.717, 1.165) is 19.4 Å². The predicted octanol–water partition coefficient (Wildman–Crippen LogP) is 1.96. The van der Waals surface area contributed by atoms with Gasteiger partial charge in [0, 0.05) is 24.0 Å². The number of hydrogen-bond donors (Lipinski definition) is 2. The molecule has 1 unspecified atom stereocenters. The van der Waals surface area contributed by atoms with Crippen molar-refractivity contribution < 1.29 is 14.9 Å². The molecule has 0 saturated carbocycles. The molecule has 1 heterocycles. The van der Waals surface area contributed by atoms with Gasteiger partial charge < -0.3 is 15.7 Å². The number of rotatable bonds is 5. The summed E-state index contributed by atoms with van der Waals surface area (Å²) >= 11 is 1.39. The van der Waals surface area contributed by atoms with E-state index >= 15 is 0 Å². The van der Waals surface area contributed by atoms with Crippen molar-refractivity contribution >= 4 is 23.3 Å². The van der Waals surface area contributed by atoms with Crippen molar-refractivity contribution in [1.82, 2.24) is 0 Å². The molecule has 2 rings (SSSR count). The second-order valence-electron chi connectivity index (χ2n) is 4.37. The number of nitro groups is 1. The first-order chi connectivity index (χ1) is 9.61. The molecular weight excluding hydrogens is 282 g/mol. The normalized spacial score (nSPS) is 19.2. The fraction of sp³-hybridized carbons (Fsp3) is 0.417. The van der Waals surface area contributed by atoms with Crippen LogP contribution in [0.4, 0.5) is 5.69 Å². The van der Waals surface area contributed by atoms with Gasteiger partial charge >= 0.3 is 0 Å². The van der Waals surface area contributed by atoms with E-state index in [1.54, 1.807) is 12.1 Å². The van der Waals surface area contributed by atoms with Crippen LogP contribution in [0.25, 0.3) is 0 Å². The van der Waals surface area contributed by atoms with Crippen LogP contribution in [-0.2, 0) is 4.74 Å². The van der Waals surface area contributed by atoms with Crippen molar-refractivity contribution in [1.29, 1.82) is 0 Å². The summed E-state index contributed by atoms with van der Waals surface area (Å²) in [6.07, 6.45) is 2.18. The molecule has 0 amide bonds. The van der Waals surface area contributed by atoms with Crippen molar-refractivity contribution in [2.24, 2.45) is 10.9 Å². The minimum absolute atomic E-state index is 0.0444. The average molecular weight is 297 g/mol. The van der Waals surface area contributed by atoms with Crippen molar-refractivity contribution in [2.75, 3.05) is 12.4 Å². The minimum atomic E-state index is -0.466. The van der Waals surface area contributed by atoms with Gasteiger partial charge in [-0.05, 0) is 25.0 Å². The number of nitro benzene ring substituents is 1. The van der Waals surface area contributed by atoms with Gasteiger partial charge in [0.15, 0.2) is 5.84 Å². The Morgan fingerprint density at radius 3 is 3.05 bits per heavy atom. The Bertz CT molecular complexity index is 529. The molecule has 0 bridgehead atoms. The van der Waals surface area contributed by atoms with Crippen molar-refractivity contribution in [2.45, 2.75) is 23.8 Å². The number of nitrogens with zero attached hydrogens (tertiary/aromatic N) is 2. The standard InChI is InChI=1S/C12H15N3O4S/c13-12(14-16)8-3-4-11(10(6-8)15(17)18)20-7-9-2-1-5-19-9/h3-4,6,9,16H,1-2,5,7H2,(H2,13,14). The number of ether oxygens (including phenoxy) is 1. The molecule has 1 fully saturated rings. The lowest BCUT2D eigenvalue weighted by Gasteiger charge is -2.09. The van der Waals surface area contributed by atoms with Gasteiger partial charge in [-0.2, -0.15) is 0 Å². The third-order valence-corrected chi connectivity index (χ3v) is 4.20. The summed E-state index contributed by atoms with van der Waals surface area (Å²) in [7, 11) is 0. The van der Waals surface area contributed by atoms with Crippen LogP contribution in [0.3, 0.4) is 0 Å². The highest BCUT2D eigenvalue weighted by molar-refractivity contribution is 7.99. The van der Waals surface area contributed by atoms with Gasteiger partial charge in [-0.15, -0.1) is 11.8 Å². The van der Waals surface area contributed by atoms with Crippen LogP contribution < -0.4 is 5.73 Å². The highest BCUT2D eigenvalue weighted by Crippen LogP contribution is 2.32. The maximum absolute atomic E-state index is 11.1. The molecular formula is C12H15N3O4S. The topological polar surface area (TPSA) is 111 Å². The Labute approximate surface area is 119 Å². The lowest BCUT2D eigenvalue weighted by atomic mass is 10.2. The monoisotopic (exact) mass is 297 g/mol. The summed E-state index contributed by atoms with van der Waals surface area (Å²) in [6, 6.07) is 4.53. The smallest absolute Gasteiger partial charge is 0.283 e. The van der Waals surface area contributed by atoms with E-state index in [2.05, 4.69) is 5.16 Å². The second-order valence-corrected chi connectivity index (χ2v) is 5.43. The van der Waals surface area contributed by atoms with Crippen molar-refractivity contribution in [3.63, 3.8) is 0 Å². The number of amidine groups is 1. The van der Waals surface area contributed by atoms with E-state index in [4.69, 9.17) is 15.7 Å². The highest BCUT2D eigenvalue weighted by Gasteiger charge is 2.20. The van der Waals surface area contributed by atoms with Crippen LogP contribution in [0.1, 0.15) is 18.4 Å². The Kier molecular flexibility index (Phi) is 4.80. The number of nitrogens with two attached hydrogens (primary N) is 1. The summed E-state index contributed by atoms with van der Waals surface area (Å²) in [5.74, 6) is 0.535. The van der Waals surface area contributed by atoms with Crippen LogP contribution in [-0.4, -0.2) is 34.4 Å². The molecule has 0 aliphatic carbocycles. The molecule has 1 atom stereocenters. The molecule has 1 aromatic rings. The predicted molar refractivity (Wildman–Crippen MR) is 75.3 cm³/mol. The van der Waals surface area contributed by atoms with E-state index in [9.17, 15) is 10.1 Å². The number of benzene rings is 1. The molecule has 1 saturated heterocycles. The summed E-state index contributed by atoms with van der Waals surface area (Å²) in [6.45, 7) is 0.760. The molecule has 20 heavy (non-hydrogen) atoms. The molecule has 1 aliphatic heterocycles. The quantitative estimate of drug-likeness (QED) is 0.215. The van der Waals surface area contributed by atoms with Gasteiger partial charge in [0.05, 0.1) is 15.9 Å². The van der Waals surface area contributed by atoms with Gasteiger partial charge in [0.2, 0.25) is 0 Å². The molecule has 108 valence electrons. The van der Waals surface area contributed by atoms with E-state index in [1.165, 1.54) is 17.8 Å². The Morgan fingerprint density at radius 2 is 2.45 bits per heavy atom. The van der Waals surface area contributed by atoms with Crippen molar-refractivity contribution in [3.05, 3.63) is 33.9 Å². The zero-order valence-electron chi connectivity index (χ0n) is 10.7. The van der Waals surface area contributed by atoms with Crippen LogP contribution in [0, 0.1) is 10.1 Å². The third kappa shape index (κ3) is 3.40. The Balaban J connectivity index is 2.16. The molecule has 0 radical (unpaired) electrons. The Morgan fingerprint density at radius 1 is 1.65 bits per heavy atom. The zero-order valence-corrected chi connectivity index (χ0v) is 11.5. The SMILES string of the molecule is N/C(=N/O)c1ccc(SCC2CCCO2)c([N+](=O)[O-])c1. The lowest BCUT2D eigenvalue weighted by molar-refractivity contribution is -0.387. The fourth-order valence-corrected chi connectivity index (χ4v) is 3.03. The van der Waals surface area contributed by atoms with E-state index in [0.29, 0.717) is 16.2 Å². The highest BCUT2D eigenvalue weighted by atomic mass is 32.2. The molecule has 3 N–H and O–H groups in total. The summed E-state index contributed by atoms with van der Waals surface area (Å²) in [5.41, 5.74) is 5.71. The van der Waals surface area contributed by atoms with Gasteiger partial charge in [0.25, 0.3) is 5.69 Å². The Hall–Kier alpha value is -1.80. The number of oxime groups is 1. The van der Waals surface area contributed by atoms with Gasteiger partial charge in [0.1, 0.15) is 0 Å². The third-order valence-electron chi connectivity index (χ3n) is 3.01. The van der Waals surface area contributed by atoms with Crippen molar-refractivity contribution in [3.8, 4) is 0 Å². The molecule has 0 spiro atoms. The van der Waals surface area contributed by atoms with Gasteiger partial charge in [-0.1, -0.05) is 5.16 Å². The molecule has 1 aliphatic rings. The van der Waals surface area contributed by atoms with E-state index in [1.807, 2.05) is 0 Å². The maximum atomic E-state index is 11.1. The first kappa shape index (κ1) is 14.6. The van der Waals surface area contributed by atoms with E-state index in [-0.39, 0.29) is 17.6 Å². The largest absolute Gasteiger partial charge is 0.409 e. The average Bonchev–Trinajstić information content (AvgIpc) is 2.97. The number of hydrogen-bond acceptors (Lipinski definition) is 6. The second kappa shape index (κ2) is 6.58. The summed E-state index contributed by atoms with van der Waals surface area (Å²) < 4.78 is 5.49. The molecule has 0 aromatic heterocycles. The van der Waals surface area contributed by atoms with Crippen LogP contribution in [0.2, 0.25) is 0 Å². The van der Waals surface area contributed by atoms with Crippen LogP contribution in [0.15, 0.2) is 28.3 Å².